The highest BCUT2D eigenvalue weighted by Crippen LogP contribution is 2.41. The fourth-order valence-electron chi connectivity index (χ4n) is 4.66. The molecule has 3 aromatic rings. The van der Waals surface area contributed by atoms with Crippen molar-refractivity contribution in [2.45, 2.75) is 20.3 Å². The Morgan fingerprint density at radius 3 is 2.47 bits per heavy atom. The molecular formula is C27H24N2O3. The third kappa shape index (κ3) is 3.09. The minimum absolute atomic E-state index is 0.310. The highest BCUT2D eigenvalue weighted by atomic mass is 16.5. The second kappa shape index (κ2) is 7.68. The summed E-state index contributed by atoms with van der Waals surface area (Å²) in [6.45, 7) is 4.66. The van der Waals surface area contributed by atoms with E-state index < -0.39 is 0 Å². The number of carbonyl (C=O) groups excluding carboxylic acids is 2. The summed E-state index contributed by atoms with van der Waals surface area (Å²) in [6.07, 6.45) is 0.834. The molecule has 0 saturated heterocycles. The molecule has 0 atom stereocenters. The molecule has 0 spiro atoms. The van der Waals surface area contributed by atoms with Crippen molar-refractivity contribution in [3.8, 4) is 5.75 Å². The van der Waals surface area contributed by atoms with Gasteiger partial charge in [0, 0.05) is 18.3 Å². The smallest absolute Gasteiger partial charge is 0.282 e. The van der Waals surface area contributed by atoms with Gasteiger partial charge in [0.05, 0.1) is 18.4 Å². The summed E-state index contributed by atoms with van der Waals surface area (Å²) in [6, 6.07) is 21.1. The van der Waals surface area contributed by atoms with Crippen LogP contribution in [-0.4, -0.2) is 25.5 Å². The number of ether oxygens (including phenoxy) is 1. The molecule has 160 valence electrons. The maximum Gasteiger partial charge on any atom is 0.282 e. The number of anilines is 2. The molecule has 2 aliphatic rings. The normalized spacial score (nSPS) is 15.6. The van der Waals surface area contributed by atoms with Gasteiger partial charge in [-0.05, 0) is 55.2 Å². The van der Waals surface area contributed by atoms with Crippen molar-refractivity contribution in [2.24, 2.45) is 0 Å². The minimum atomic E-state index is -0.311. The van der Waals surface area contributed by atoms with Crippen molar-refractivity contribution < 1.29 is 14.3 Å². The maximum absolute atomic E-state index is 13.8. The van der Waals surface area contributed by atoms with Gasteiger partial charge in [0.15, 0.2) is 0 Å². The number of amides is 2. The van der Waals surface area contributed by atoms with Crippen molar-refractivity contribution in [1.82, 2.24) is 0 Å². The molecule has 2 amide bonds. The van der Waals surface area contributed by atoms with Gasteiger partial charge >= 0.3 is 0 Å². The van der Waals surface area contributed by atoms with Crippen molar-refractivity contribution in [1.29, 1.82) is 0 Å². The molecule has 3 aromatic carbocycles. The lowest BCUT2D eigenvalue weighted by Crippen LogP contribution is -2.34. The van der Waals surface area contributed by atoms with Crippen molar-refractivity contribution in [3.05, 3.63) is 94.7 Å². The van der Waals surface area contributed by atoms with Crippen LogP contribution < -0.4 is 14.5 Å². The zero-order valence-electron chi connectivity index (χ0n) is 18.4. The van der Waals surface area contributed by atoms with Crippen LogP contribution >= 0.6 is 0 Å². The number of benzene rings is 3. The predicted molar refractivity (Wildman–Crippen MR) is 126 cm³/mol. The highest BCUT2D eigenvalue weighted by Gasteiger charge is 2.44. The van der Waals surface area contributed by atoms with Gasteiger partial charge < -0.3 is 9.64 Å². The van der Waals surface area contributed by atoms with Crippen LogP contribution in [0.1, 0.15) is 22.3 Å². The molecule has 0 bridgehead atoms. The molecule has 5 heteroatoms. The minimum Gasteiger partial charge on any atom is -0.497 e. The van der Waals surface area contributed by atoms with Crippen LogP contribution in [0, 0.1) is 13.8 Å². The van der Waals surface area contributed by atoms with Gasteiger partial charge in [-0.3, -0.25) is 9.59 Å². The second-order valence-corrected chi connectivity index (χ2v) is 8.22. The highest BCUT2D eigenvalue weighted by molar-refractivity contribution is 6.46. The molecule has 0 aromatic heterocycles. The van der Waals surface area contributed by atoms with E-state index in [4.69, 9.17) is 4.74 Å². The number of carbonyl (C=O) groups is 2. The van der Waals surface area contributed by atoms with Gasteiger partial charge in [0.1, 0.15) is 11.4 Å². The number of imide groups is 1. The zero-order valence-corrected chi connectivity index (χ0v) is 18.4. The Morgan fingerprint density at radius 2 is 1.69 bits per heavy atom. The van der Waals surface area contributed by atoms with E-state index in [0.29, 0.717) is 29.3 Å². The van der Waals surface area contributed by atoms with E-state index in [1.54, 1.807) is 31.4 Å². The maximum atomic E-state index is 13.8. The van der Waals surface area contributed by atoms with Gasteiger partial charge in [-0.2, -0.15) is 0 Å². The van der Waals surface area contributed by atoms with E-state index in [1.165, 1.54) is 10.5 Å². The number of hydrogen-bond acceptors (Lipinski definition) is 4. The van der Waals surface area contributed by atoms with Crippen LogP contribution in [0.25, 0.3) is 5.57 Å². The van der Waals surface area contributed by atoms with Crippen LogP contribution in [0.15, 0.2) is 72.4 Å². The average Bonchev–Trinajstić information content (AvgIpc) is 3.32. The summed E-state index contributed by atoms with van der Waals surface area (Å²) in [4.78, 5) is 30.9. The van der Waals surface area contributed by atoms with Crippen molar-refractivity contribution in [2.75, 3.05) is 23.5 Å². The fraction of sp³-hybridized carbons (Fsp3) is 0.185. The Bertz CT molecular complexity index is 1290. The summed E-state index contributed by atoms with van der Waals surface area (Å²) >= 11 is 0. The lowest BCUT2D eigenvalue weighted by molar-refractivity contribution is -0.120. The molecule has 0 aliphatic carbocycles. The molecule has 0 fully saturated rings. The van der Waals surface area contributed by atoms with E-state index >= 15 is 0 Å². The molecule has 5 rings (SSSR count). The van der Waals surface area contributed by atoms with Crippen molar-refractivity contribution >= 4 is 28.8 Å². The van der Waals surface area contributed by atoms with E-state index in [-0.39, 0.29) is 11.8 Å². The van der Waals surface area contributed by atoms with Gasteiger partial charge in [0.25, 0.3) is 11.8 Å². The van der Waals surface area contributed by atoms with E-state index in [9.17, 15) is 9.59 Å². The third-order valence-corrected chi connectivity index (χ3v) is 6.18. The SMILES string of the molecule is COc1cccc(N2C(=O)C(c3ccc(C)cc3C)=C(N3CCc4ccccc43)C2=O)c1. The molecule has 0 radical (unpaired) electrons. The van der Waals surface area contributed by atoms with Gasteiger partial charge in [0.2, 0.25) is 0 Å². The standard InChI is InChI=1S/C27H24N2O3/c1-17-11-12-22(18(2)15-17)24-25(28-14-13-19-7-4-5-10-23(19)28)27(31)29(26(24)30)20-8-6-9-21(16-20)32-3/h4-12,15-16H,13-14H2,1-3H3. The van der Waals surface area contributed by atoms with Gasteiger partial charge in [-0.25, -0.2) is 4.90 Å². The Labute approximate surface area is 187 Å². The fourth-order valence-corrected chi connectivity index (χ4v) is 4.66. The Hall–Kier alpha value is -3.86. The van der Waals surface area contributed by atoms with Gasteiger partial charge in [-0.1, -0.05) is 48.0 Å². The first-order valence-electron chi connectivity index (χ1n) is 10.7. The topological polar surface area (TPSA) is 49.9 Å². The number of nitrogens with zero attached hydrogens (tertiary/aromatic N) is 2. The monoisotopic (exact) mass is 424 g/mol. The molecule has 2 aliphatic heterocycles. The molecule has 32 heavy (non-hydrogen) atoms. The summed E-state index contributed by atoms with van der Waals surface area (Å²) in [7, 11) is 1.57. The first-order chi connectivity index (χ1) is 15.5. The zero-order chi connectivity index (χ0) is 22.4. The van der Waals surface area contributed by atoms with E-state index in [1.807, 2.05) is 55.1 Å². The Balaban J connectivity index is 1.71. The van der Waals surface area contributed by atoms with Crippen LogP contribution in [0.5, 0.6) is 5.75 Å². The van der Waals surface area contributed by atoms with Crippen LogP contribution in [0.3, 0.4) is 0 Å². The lowest BCUT2D eigenvalue weighted by atomic mass is 9.97. The third-order valence-electron chi connectivity index (χ3n) is 6.18. The molecular weight excluding hydrogens is 400 g/mol. The number of para-hydroxylation sites is 1. The Kier molecular flexibility index (Phi) is 4.82. The average molecular weight is 425 g/mol. The van der Waals surface area contributed by atoms with E-state index in [0.717, 1.165) is 28.8 Å². The second-order valence-electron chi connectivity index (χ2n) is 8.22. The quantitative estimate of drug-likeness (QED) is 0.572. The van der Waals surface area contributed by atoms with Crippen molar-refractivity contribution in [3.63, 3.8) is 0 Å². The lowest BCUT2D eigenvalue weighted by Gasteiger charge is -2.22. The summed E-state index contributed by atoms with van der Waals surface area (Å²) in [5.74, 6) is -0.0272. The molecule has 0 saturated carbocycles. The summed E-state index contributed by atoms with van der Waals surface area (Å²) in [5, 5.41) is 0. The first-order valence-corrected chi connectivity index (χ1v) is 10.7. The number of fused-ring (bicyclic) bond motifs is 1. The largest absolute Gasteiger partial charge is 0.497 e. The van der Waals surface area contributed by atoms with Crippen LogP contribution in [0.4, 0.5) is 11.4 Å². The predicted octanol–water partition coefficient (Wildman–Crippen LogP) is 4.66. The molecule has 0 N–H and O–H groups in total. The summed E-state index contributed by atoms with van der Waals surface area (Å²) < 4.78 is 5.33. The van der Waals surface area contributed by atoms with E-state index in [2.05, 4.69) is 6.07 Å². The Morgan fingerprint density at radius 1 is 0.875 bits per heavy atom. The van der Waals surface area contributed by atoms with Gasteiger partial charge in [-0.15, -0.1) is 0 Å². The number of aryl methyl sites for hydroxylation is 2. The molecule has 5 nitrogen and oxygen atoms in total. The van der Waals surface area contributed by atoms with Crippen LogP contribution in [0.2, 0.25) is 0 Å². The number of rotatable bonds is 4. The first kappa shape index (κ1) is 20.1. The van der Waals surface area contributed by atoms with Crippen LogP contribution in [-0.2, 0) is 16.0 Å². The molecule has 0 unspecified atom stereocenters. The molecule has 2 heterocycles. The summed E-state index contributed by atoms with van der Waals surface area (Å²) in [5.41, 5.74) is 6.43. The number of hydrogen-bond donors (Lipinski definition) is 0. The number of methoxy groups -OCH3 is 1.